The smallest absolute Gasteiger partial charge is 0.314 e. The second-order valence-electron chi connectivity index (χ2n) is 5.25. The molecular formula is C14H18F2N2O2. The number of carbonyl (C=O) groups is 1. The van der Waals surface area contributed by atoms with Crippen LogP contribution in [0.4, 0.5) is 13.6 Å². The number of amides is 2. The van der Waals surface area contributed by atoms with Crippen LogP contribution in [0.25, 0.3) is 0 Å². The SMILES string of the molecule is O=C(NCCc1ccc(F)cc1F)NCC1(CO)CC1. The minimum absolute atomic E-state index is 0.0775. The van der Waals surface area contributed by atoms with E-state index in [1.54, 1.807) is 0 Å². The predicted octanol–water partition coefficient (Wildman–Crippen LogP) is 1.58. The molecule has 1 saturated carbocycles. The Kier molecular flexibility index (Phi) is 4.54. The molecule has 6 heteroatoms. The quantitative estimate of drug-likeness (QED) is 0.742. The van der Waals surface area contributed by atoms with Crippen LogP contribution in [0.2, 0.25) is 0 Å². The van der Waals surface area contributed by atoms with E-state index in [2.05, 4.69) is 10.6 Å². The van der Waals surface area contributed by atoms with Crippen molar-refractivity contribution in [3.8, 4) is 0 Å². The molecule has 0 bridgehead atoms. The lowest BCUT2D eigenvalue weighted by Crippen LogP contribution is -2.40. The molecule has 1 aromatic rings. The molecule has 1 aliphatic carbocycles. The van der Waals surface area contributed by atoms with Crippen LogP contribution in [0.3, 0.4) is 0 Å². The van der Waals surface area contributed by atoms with E-state index in [1.165, 1.54) is 12.1 Å². The van der Waals surface area contributed by atoms with Gasteiger partial charge >= 0.3 is 6.03 Å². The number of nitrogens with one attached hydrogen (secondary N) is 2. The summed E-state index contributed by atoms with van der Waals surface area (Å²) >= 11 is 0. The highest BCUT2D eigenvalue weighted by Crippen LogP contribution is 2.44. The molecule has 3 N–H and O–H groups in total. The topological polar surface area (TPSA) is 61.4 Å². The molecule has 4 nitrogen and oxygen atoms in total. The summed E-state index contributed by atoms with van der Waals surface area (Å²) < 4.78 is 26.0. The number of urea groups is 1. The van der Waals surface area contributed by atoms with Gasteiger partial charge in [0, 0.05) is 24.6 Å². The number of hydrogen-bond donors (Lipinski definition) is 3. The normalized spacial score (nSPS) is 15.8. The molecule has 0 aliphatic heterocycles. The van der Waals surface area contributed by atoms with Gasteiger partial charge in [-0.15, -0.1) is 0 Å². The van der Waals surface area contributed by atoms with Gasteiger partial charge in [0.05, 0.1) is 6.61 Å². The Balaban J connectivity index is 1.68. The highest BCUT2D eigenvalue weighted by atomic mass is 19.1. The molecule has 20 heavy (non-hydrogen) atoms. The first-order valence-corrected chi connectivity index (χ1v) is 6.61. The number of hydrogen-bond acceptors (Lipinski definition) is 2. The molecule has 0 unspecified atom stereocenters. The number of halogens is 2. The molecule has 0 atom stereocenters. The maximum absolute atomic E-state index is 13.3. The third kappa shape index (κ3) is 3.90. The summed E-state index contributed by atoms with van der Waals surface area (Å²) in [6.45, 7) is 0.787. The van der Waals surface area contributed by atoms with Gasteiger partial charge in [-0.25, -0.2) is 13.6 Å². The van der Waals surface area contributed by atoms with Gasteiger partial charge in [-0.3, -0.25) is 0 Å². The van der Waals surface area contributed by atoms with Gasteiger partial charge in [0.25, 0.3) is 0 Å². The zero-order valence-corrected chi connectivity index (χ0v) is 11.1. The van der Waals surface area contributed by atoms with Crippen LogP contribution in [-0.4, -0.2) is 30.8 Å². The van der Waals surface area contributed by atoms with Gasteiger partial charge in [0.1, 0.15) is 11.6 Å². The van der Waals surface area contributed by atoms with Gasteiger partial charge in [0.2, 0.25) is 0 Å². The average molecular weight is 284 g/mol. The van der Waals surface area contributed by atoms with E-state index in [0.717, 1.165) is 18.9 Å². The van der Waals surface area contributed by atoms with Crippen molar-refractivity contribution in [2.45, 2.75) is 19.3 Å². The largest absolute Gasteiger partial charge is 0.396 e. The van der Waals surface area contributed by atoms with Crippen molar-refractivity contribution in [2.24, 2.45) is 5.41 Å². The van der Waals surface area contributed by atoms with E-state index in [-0.39, 0.29) is 24.6 Å². The summed E-state index contributed by atoms with van der Waals surface area (Å²) in [5.74, 6) is -1.22. The highest BCUT2D eigenvalue weighted by molar-refractivity contribution is 5.73. The predicted molar refractivity (Wildman–Crippen MR) is 70.2 cm³/mol. The van der Waals surface area contributed by atoms with Crippen LogP contribution in [0.5, 0.6) is 0 Å². The van der Waals surface area contributed by atoms with Crippen LogP contribution in [-0.2, 0) is 6.42 Å². The first kappa shape index (κ1) is 14.7. The lowest BCUT2D eigenvalue weighted by atomic mass is 10.1. The average Bonchev–Trinajstić information content (AvgIpc) is 3.20. The molecule has 0 saturated heterocycles. The first-order valence-electron chi connectivity index (χ1n) is 6.61. The maximum atomic E-state index is 13.3. The minimum atomic E-state index is -0.615. The number of rotatable bonds is 6. The van der Waals surface area contributed by atoms with E-state index in [0.29, 0.717) is 18.5 Å². The summed E-state index contributed by atoms with van der Waals surface area (Å²) in [5.41, 5.74) is 0.223. The zero-order chi connectivity index (χ0) is 14.6. The highest BCUT2D eigenvalue weighted by Gasteiger charge is 2.42. The van der Waals surface area contributed by atoms with Gasteiger partial charge in [0.15, 0.2) is 0 Å². The summed E-state index contributed by atoms with van der Waals surface area (Å²) in [6, 6.07) is 3.05. The first-order chi connectivity index (χ1) is 9.54. The molecule has 1 aliphatic rings. The molecule has 0 heterocycles. The molecule has 0 radical (unpaired) electrons. The van der Waals surface area contributed by atoms with Crippen molar-refractivity contribution in [2.75, 3.05) is 19.7 Å². The molecular weight excluding hydrogens is 266 g/mol. The Hall–Kier alpha value is -1.69. The molecule has 1 aromatic carbocycles. The second-order valence-corrected chi connectivity index (χ2v) is 5.25. The van der Waals surface area contributed by atoms with Crippen molar-refractivity contribution >= 4 is 6.03 Å². The van der Waals surface area contributed by atoms with Gasteiger partial charge < -0.3 is 15.7 Å². The third-order valence-electron chi connectivity index (χ3n) is 3.61. The fraction of sp³-hybridized carbons (Fsp3) is 0.500. The summed E-state index contributed by atoms with van der Waals surface area (Å²) in [6.07, 6.45) is 2.14. The van der Waals surface area contributed by atoms with E-state index in [1.807, 2.05) is 0 Å². The van der Waals surface area contributed by atoms with Gasteiger partial charge in [-0.05, 0) is 30.9 Å². The van der Waals surface area contributed by atoms with Crippen molar-refractivity contribution < 1.29 is 18.7 Å². The summed E-state index contributed by atoms with van der Waals surface area (Å²) in [5, 5.41) is 14.4. The number of benzene rings is 1. The Labute approximate surface area is 116 Å². The number of aliphatic hydroxyl groups is 1. The molecule has 110 valence electrons. The Bertz CT molecular complexity index is 490. The second kappa shape index (κ2) is 6.17. The van der Waals surface area contributed by atoms with Crippen molar-refractivity contribution in [3.05, 3.63) is 35.4 Å². The summed E-state index contributed by atoms with van der Waals surface area (Å²) in [4.78, 5) is 11.5. The molecule has 2 amide bonds. The Morgan fingerprint density at radius 3 is 2.65 bits per heavy atom. The number of carbonyl (C=O) groups excluding carboxylic acids is 1. The maximum Gasteiger partial charge on any atom is 0.314 e. The zero-order valence-electron chi connectivity index (χ0n) is 11.1. The standard InChI is InChI=1S/C14H18F2N2O2/c15-11-2-1-10(12(16)7-11)3-6-17-13(20)18-8-14(9-19)4-5-14/h1-2,7,19H,3-6,8-9H2,(H2,17,18,20). The van der Waals surface area contributed by atoms with E-state index >= 15 is 0 Å². The minimum Gasteiger partial charge on any atom is -0.396 e. The molecule has 0 aromatic heterocycles. The van der Waals surface area contributed by atoms with Gasteiger partial charge in [-0.2, -0.15) is 0 Å². The van der Waals surface area contributed by atoms with Crippen molar-refractivity contribution in [1.29, 1.82) is 0 Å². The van der Waals surface area contributed by atoms with Crippen LogP contribution in [0.15, 0.2) is 18.2 Å². The van der Waals surface area contributed by atoms with Crippen LogP contribution >= 0.6 is 0 Å². The van der Waals surface area contributed by atoms with E-state index in [9.17, 15) is 13.6 Å². The Morgan fingerprint density at radius 2 is 2.05 bits per heavy atom. The van der Waals surface area contributed by atoms with Gasteiger partial charge in [-0.1, -0.05) is 6.07 Å². The van der Waals surface area contributed by atoms with Crippen molar-refractivity contribution in [3.63, 3.8) is 0 Å². The van der Waals surface area contributed by atoms with Crippen molar-refractivity contribution in [1.82, 2.24) is 10.6 Å². The monoisotopic (exact) mass is 284 g/mol. The number of aliphatic hydroxyl groups excluding tert-OH is 1. The fourth-order valence-electron chi connectivity index (χ4n) is 1.93. The van der Waals surface area contributed by atoms with Crippen LogP contribution in [0.1, 0.15) is 18.4 Å². The summed E-state index contributed by atoms with van der Waals surface area (Å²) in [7, 11) is 0. The lowest BCUT2D eigenvalue weighted by molar-refractivity contribution is 0.203. The molecule has 2 rings (SSSR count). The lowest BCUT2D eigenvalue weighted by Gasteiger charge is -2.13. The molecule has 1 fully saturated rings. The Morgan fingerprint density at radius 1 is 1.30 bits per heavy atom. The fourth-order valence-corrected chi connectivity index (χ4v) is 1.93. The van der Waals surface area contributed by atoms with Crippen LogP contribution < -0.4 is 10.6 Å². The van der Waals surface area contributed by atoms with E-state index in [4.69, 9.17) is 5.11 Å². The van der Waals surface area contributed by atoms with E-state index < -0.39 is 11.6 Å². The third-order valence-corrected chi connectivity index (χ3v) is 3.61. The van der Waals surface area contributed by atoms with Crippen LogP contribution in [0, 0.1) is 17.0 Å². The molecule has 0 spiro atoms.